The Bertz CT molecular complexity index is 1800. The third-order valence-electron chi connectivity index (χ3n) is 5.70. The van der Waals surface area contributed by atoms with Gasteiger partial charge >= 0.3 is 5.97 Å². The summed E-state index contributed by atoms with van der Waals surface area (Å²) in [4.78, 5) is 34.1. The number of nitrogens with zero attached hydrogens (tertiary/aromatic N) is 1. The Hall–Kier alpha value is -4.70. The Balaban J connectivity index is 1.39. The number of anilines is 1. The first-order chi connectivity index (χ1) is 17.2. The van der Waals surface area contributed by atoms with Crippen LogP contribution in [0.15, 0.2) is 82.6 Å². The van der Waals surface area contributed by atoms with Gasteiger partial charge in [-0.15, -0.1) is 0 Å². The number of hydrogen-bond acceptors (Lipinski definition) is 5. The van der Waals surface area contributed by atoms with Crippen molar-refractivity contribution in [3.05, 3.63) is 100 Å². The van der Waals surface area contributed by atoms with Crippen LogP contribution in [0.4, 0.5) is 5.69 Å². The number of para-hydroxylation sites is 2. The van der Waals surface area contributed by atoms with Gasteiger partial charge < -0.3 is 15.1 Å². The first-order valence-corrected chi connectivity index (χ1v) is 12.3. The van der Waals surface area contributed by atoms with Crippen LogP contribution in [-0.2, 0) is 10.0 Å². The second-order valence-electron chi connectivity index (χ2n) is 8.20. The van der Waals surface area contributed by atoms with E-state index in [-0.39, 0.29) is 10.3 Å². The highest BCUT2D eigenvalue weighted by Crippen LogP contribution is 2.22. The number of benzene rings is 3. The fraction of sp³-hybridized carbons (Fsp3) is 0.0385. The van der Waals surface area contributed by atoms with Crippen LogP contribution in [0.5, 0.6) is 0 Å². The molecule has 36 heavy (non-hydrogen) atoms. The van der Waals surface area contributed by atoms with Gasteiger partial charge in [0.25, 0.3) is 10.0 Å². The molecule has 0 saturated heterocycles. The van der Waals surface area contributed by atoms with Crippen LogP contribution in [0.2, 0.25) is 0 Å². The van der Waals surface area contributed by atoms with Crippen molar-refractivity contribution in [2.24, 2.45) is 0 Å². The van der Waals surface area contributed by atoms with E-state index in [0.717, 1.165) is 40.3 Å². The molecule has 9 nitrogen and oxygen atoms in total. The van der Waals surface area contributed by atoms with Crippen LogP contribution in [0.3, 0.4) is 0 Å². The number of aromatic nitrogens is 3. The lowest BCUT2D eigenvalue weighted by atomic mass is 10.1. The van der Waals surface area contributed by atoms with Gasteiger partial charge in [0.15, 0.2) is 0 Å². The van der Waals surface area contributed by atoms with Crippen LogP contribution in [0, 0.1) is 0 Å². The average Bonchev–Trinajstić information content (AvgIpc) is 3.29. The van der Waals surface area contributed by atoms with Gasteiger partial charge in [-0.3, -0.25) is 9.52 Å². The van der Waals surface area contributed by atoms with E-state index in [9.17, 15) is 18.0 Å². The quantitative estimate of drug-likeness (QED) is 0.271. The van der Waals surface area contributed by atoms with Crippen molar-refractivity contribution < 1.29 is 18.3 Å². The molecule has 180 valence electrons. The molecule has 2 heterocycles. The molecule has 0 saturated carbocycles. The predicted molar refractivity (Wildman–Crippen MR) is 138 cm³/mol. The number of carbonyl (C=O) groups is 1. The molecular formula is C26H20N4O5S. The number of carboxylic acid groups (broad SMARTS) is 1. The van der Waals surface area contributed by atoms with Crippen molar-refractivity contribution >= 4 is 55.3 Å². The zero-order valence-corrected chi connectivity index (χ0v) is 19.8. The maximum absolute atomic E-state index is 12.9. The summed E-state index contributed by atoms with van der Waals surface area (Å²) < 4.78 is 28.4. The van der Waals surface area contributed by atoms with E-state index < -0.39 is 27.0 Å². The molecule has 0 unspecified atom stereocenters. The average molecular weight is 501 g/mol. The van der Waals surface area contributed by atoms with Crippen molar-refractivity contribution in [2.45, 2.75) is 11.8 Å². The van der Waals surface area contributed by atoms with Crippen LogP contribution in [0.25, 0.3) is 33.6 Å². The maximum Gasteiger partial charge on any atom is 0.341 e. The SMILES string of the molecule is C/C(=C\c1ccc(NS(=O)(=O)c2ccc3[nH]cc(C(=O)O)c(=O)c3c2)cc1)c1nc2ccccc2[nH]1. The molecule has 3 aromatic carbocycles. The molecule has 5 rings (SSSR count). The van der Waals surface area contributed by atoms with E-state index in [1.807, 2.05) is 37.3 Å². The van der Waals surface area contributed by atoms with E-state index in [1.54, 1.807) is 24.3 Å². The lowest BCUT2D eigenvalue weighted by Gasteiger charge is -2.09. The normalized spacial score (nSPS) is 12.2. The molecule has 0 radical (unpaired) electrons. The maximum atomic E-state index is 12.9. The Labute approximate surface area is 205 Å². The molecule has 2 aromatic heterocycles. The summed E-state index contributed by atoms with van der Waals surface area (Å²) in [7, 11) is -4.03. The van der Waals surface area contributed by atoms with Gasteiger partial charge in [0.05, 0.1) is 15.9 Å². The Morgan fingerprint density at radius 2 is 1.78 bits per heavy atom. The minimum absolute atomic E-state index is 0.0284. The minimum atomic E-state index is -4.03. The van der Waals surface area contributed by atoms with E-state index in [2.05, 4.69) is 19.7 Å². The van der Waals surface area contributed by atoms with Crippen LogP contribution < -0.4 is 10.2 Å². The number of aromatic amines is 2. The highest BCUT2D eigenvalue weighted by molar-refractivity contribution is 7.92. The fourth-order valence-corrected chi connectivity index (χ4v) is 4.93. The van der Waals surface area contributed by atoms with Gasteiger partial charge in [-0.2, -0.15) is 0 Å². The standard InChI is InChI=1S/C26H20N4O5S/c1-15(25-28-22-4-2-3-5-23(22)29-25)12-16-6-8-17(9-7-16)30-36(34,35)18-10-11-21-19(13-18)24(31)20(14-27-21)26(32)33/h2-14,30H,1H3,(H,27,31)(H,28,29)(H,32,33)/b15-12+. The van der Waals surface area contributed by atoms with Gasteiger partial charge in [0.2, 0.25) is 5.43 Å². The van der Waals surface area contributed by atoms with Gasteiger partial charge in [0.1, 0.15) is 11.4 Å². The third-order valence-corrected chi connectivity index (χ3v) is 7.08. The number of H-pyrrole nitrogens is 2. The van der Waals surface area contributed by atoms with E-state index >= 15 is 0 Å². The lowest BCUT2D eigenvalue weighted by Crippen LogP contribution is -2.17. The number of fused-ring (bicyclic) bond motifs is 2. The van der Waals surface area contributed by atoms with Crippen LogP contribution >= 0.6 is 0 Å². The second-order valence-corrected chi connectivity index (χ2v) is 9.88. The largest absolute Gasteiger partial charge is 0.477 e. The number of hydrogen-bond donors (Lipinski definition) is 4. The van der Waals surface area contributed by atoms with Gasteiger partial charge in [-0.1, -0.05) is 24.3 Å². The Kier molecular flexibility index (Phi) is 5.65. The molecule has 0 aliphatic carbocycles. The number of imidazole rings is 1. The molecule has 4 N–H and O–H groups in total. The number of nitrogens with one attached hydrogen (secondary N) is 3. The van der Waals surface area contributed by atoms with Gasteiger partial charge in [0, 0.05) is 22.8 Å². The van der Waals surface area contributed by atoms with Crippen LogP contribution in [-0.4, -0.2) is 34.4 Å². The topological polar surface area (TPSA) is 145 Å². The zero-order valence-electron chi connectivity index (χ0n) is 18.9. The molecule has 0 fully saturated rings. The molecule has 0 amide bonds. The zero-order chi connectivity index (χ0) is 25.4. The van der Waals surface area contributed by atoms with E-state index in [0.29, 0.717) is 11.2 Å². The molecule has 0 bridgehead atoms. The molecule has 5 aromatic rings. The summed E-state index contributed by atoms with van der Waals surface area (Å²) >= 11 is 0. The Morgan fingerprint density at radius 1 is 1.03 bits per heavy atom. The smallest absolute Gasteiger partial charge is 0.341 e. The summed E-state index contributed by atoms with van der Waals surface area (Å²) in [5.74, 6) is -0.646. The van der Waals surface area contributed by atoms with Gasteiger partial charge in [-0.05, 0) is 66.6 Å². The van der Waals surface area contributed by atoms with E-state index in [4.69, 9.17) is 5.11 Å². The van der Waals surface area contributed by atoms with Crippen molar-refractivity contribution in [1.29, 1.82) is 0 Å². The van der Waals surface area contributed by atoms with Crippen LogP contribution in [0.1, 0.15) is 28.7 Å². The highest BCUT2D eigenvalue weighted by atomic mass is 32.2. The molecular weight excluding hydrogens is 480 g/mol. The number of pyridine rings is 1. The number of rotatable bonds is 6. The summed E-state index contributed by atoms with van der Waals surface area (Å²) in [5.41, 5.74) is 3.04. The minimum Gasteiger partial charge on any atom is -0.477 e. The number of sulfonamides is 1. The summed E-state index contributed by atoms with van der Waals surface area (Å²) in [5, 5.41) is 9.14. The fourth-order valence-electron chi connectivity index (χ4n) is 3.84. The van der Waals surface area contributed by atoms with Gasteiger partial charge in [-0.25, -0.2) is 18.2 Å². The second kappa shape index (κ2) is 8.82. The predicted octanol–water partition coefficient (Wildman–Crippen LogP) is 4.46. The van der Waals surface area contributed by atoms with E-state index in [1.165, 1.54) is 12.1 Å². The van der Waals surface area contributed by atoms with Crippen molar-refractivity contribution in [3.8, 4) is 0 Å². The van der Waals surface area contributed by atoms with Crippen molar-refractivity contribution in [2.75, 3.05) is 4.72 Å². The number of aromatic carboxylic acids is 1. The lowest BCUT2D eigenvalue weighted by molar-refractivity contribution is 0.0695. The number of allylic oxidation sites excluding steroid dienone is 1. The summed E-state index contributed by atoms with van der Waals surface area (Å²) in [6, 6.07) is 18.5. The molecule has 0 aliphatic heterocycles. The third kappa shape index (κ3) is 4.37. The highest BCUT2D eigenvalue weighted by Gasteiger charge is 2.18. The van der Waals surface area contributed by atoms with Crippen molar-refractivity contribution in [3.63, 3.8) is 0 Å². The first-order valence-electron chi connectivity index (χ1n) is 10.9. The Morgan fingerprint density at radius 3 is 2.50 bits per heavy atom. The molecule has 10 heteroatoms. The number of carboxylic acids is 1. The van der Waals surface area contributed by atoms with Crippen molar-refractivity contribution in [1.82, 2.24) is 15.0 Å². The summed E-state index contributed by atoms with van der Waals surface area (Å²) in [6.07, 6.45) is 3.02. The molecule has 0 aliphatic rings. The molecule has 0 spiro atoms. The monoisotopic (exact) mass is 500 g/mol. The first kappa shape index (κ1) is 23.1. The summed E-state index contributed by atoms with van der Waals surface area (Å²) in [6.45, 7) is 1.94. The molecule has 0 atom stereocenters.